The maximum atomic E-state index is 4.63. The van der Waals surface area contributed by atoms with Crippen LogP contribution in [0.4, 0.5) is 11.8 Å². The van der Waals surface area contributed by atoms with Gasteiger partial charge in [0.2, 0.25) is 5.95 Å². The monoisotopic (exact) mass is 247 g/mol. The molecule has 0 amide bonds. The average Bonchev–Trinajstić information content (AvgIpc) is 2.35. The van der Waals surface area contributed by atoms with Crippen molar-refractivity contribution in [3.8, 4) is 0 Å². The van der Waals surface area contributed by atoms with E-state index in [0.717, 1.165) is 37.9 Å². The standard InChI is InChI=1S/C13H21N5/c1-17-7-9-18(10-8-17)12-5-6-14-13(16-12)15-11-3-2-4-11/h5-6,11H,2-4,7-10H2,1H3,(H,14,15,16). The van der Waals surface area contributed by atoms with Crippen LogP contribution in [0, 0.1) is 0 Å². The minimum absolute atomic E-state index is 0.590. The quantitative estimate of drug-likeness (QED) is 0.869. The lowest BCUT2D eigenvalue weighted by Crippen LogP contribution is -2.44. The zero-order valence-electron chi connectivity index (χ0n) is 11.0. The Kier molecular flexibility index (Phi) is 3.32. The molecule has 2 fully saturated rings. The first-order valence-corrected chi connectivity index (χ1v) is 6.84. The van der Waals surface area contributed by atoms with E-state index in [2.05, 4.69) is 32.1 Å². The fraction of sp³-hybridized carbons (Fsp3) is 0.692. The van der Waals surface area contributed by atoms with Crippen LogP contribution in [0.25, 0.3) is 0 Å². The molecule has 3 rings (SSSR count). The van der Waals surface area contributed by atoms with Gasteiger partial charge in [0.05, 0.1) is 0 Å². The molecule has 2 heterocycles. The van der Waals surface area contributed by atoms with Gasteiger partial charge in [-0.2, -0.15) is 4.98 Å². The van der Waals surface area contributed by atoms with Gasteiger partial charge < -0.3 is 15.1 Å². The van der Waals surface area contributed by atoms with Gasteiger partial charge in [0.1, 0.15) is 5.82 Å². The number of nitrogens with one attached hydrogen (secondary N) is 1. The molecule has 1 saturated heterocycles. The third-order valence-electron chi connectivity index (χ3n) is 3.91. The number of likely N-dealkylation sites (N-methyl/N-ethyl adjacent to an activating group) is 1. The van der Waals surface area contributed by atoms with Gasteiger partial charge in [-0.3, -0.25) is 0 Å². The highest BCUT2D eigenvalue weighted by atomic mass is 15.3. The van der Waals surface area contributed by atoms with Crippen LogP contribution in [0.15, 0.2) is 12.3 Å². The van der Waals surface area contributed by atoms with Crippen molar-refractivity contribution in [1.82, 2.24) is 14.9 Å². The molecule has 0 bridgehead atoms. The third kappa shape index (κ3) is 2.56. The molecule has 0 aromatic carbocycles. The average molecular weight is 247 g/mol. The summed E-state index contributed by atoms with van der Waals surface area (Å²) >= 11 is 0. The van der Waals surface area contributed by atoms with Crippen LogP contribution in [-0.4, -0.2) is 54.1 Å². The third-order valence-corrected chi connectivity index (χ3v) is 3.91. The fourth-order valence-electron chi connectivity index (χ4n) is 2.37. The Morgan fingerprint density at radius 2 is 2.00 bits per heavy atom. The van der Waals surface area contributed by atoms with Crippen LogP contribution in [0.3, 0.4) is 0 Å². The SMILES string of the molecule is CN1CCN(c2ccnc(NC3CCC3)n2)CC1. The van der Waals surface area contributed by atoms with E-state index in [1.807, 2.05) is 12.3 Å². The Balaban J connectivity index is 1.66. The van der Waals surface area contributed by atoms with E-state index in [0.29, 0.717) is 6.04 Å². The van der Waals surface area contributed by atoms with Crippen molar-refractivity contribution in [2.75, 3.05) is 43.4 Å². The number of hydrogen-bond acceptors (Lipinski definition) is 5. The van der Waals surface area contributed by atoms with E-state index < -0.39 is 0 Å². The Bertz CT molecular complexity index is 396. The molecule has 2 aliphatic rings. The van der Waals surface area contributed by atoms with Crippen molar-refractivity contribution in [1.29, 1.82) is 0 Å². The van der Waals surface area contributed by atoms with Crippen molar-refractivity contribution in [2.24, 2.45) is 0 Å². The summed E-state index contributed by atoms with van der Waals surface area (Å²) in [4.78, 5) is 13.6. The highest BCUT2D eigenvalue weighted by Gasteiger charge is 2.19. The maximum absolute atomic E-state index is 4.63. The molecule has 1 aliphatic carbocycles. The number of rotatable bonds is 3. The van der Waals surface area contributed by atoms with Crippen LogP contribution in [0.2, 0.25) is 0 Å². The van der Waals surface area contributed by atoms with Crippen molar-refractivity contribution < 1.29 is 0 Å². The second-order valence-electron chi connectivity index (χ2n) is 5.30. The van der Waals surface area contributed by atoms with Gasteiger partial charge in [-0.05, 0) is 32.4 Å². The van der Waals surface area contributed by atoms with Gasteiger partial charge in [0, 0.05) is 38.4 Å². The van der Waals surface area contributed by atoms with Crippen molar-refractivity contribution in [3.05, 3.63) is 12.3 Å². The summed E-state index contributed by atoms with van der Waals surface area (Å²) in [7, 11) is 2.17. The molecule has 18 heavy (non-hydrogen) atoms. The lowest BCUT2D eigenvalue weighted by Gasteiger charge is -2.33. The molecule has 5 nitrogen and oxygen atoms in total. The molecule has 1 aromatic heterocycles. The van der Waals surface area contributed by atoms with Crippen molar-refractivity contribution in [2.45, 2.75) is 25.3 Å². The first-order chi connectivity index (χ1) is 8.81. The highest BCUT2D eigenvalue weighted by Crippen LogP contribution is 2.22. The van der Waals surface area contributed by atoms with Gasteiger partial charge >= 0.3 is 0 Å². The molecule has 1 saturated carbocycles. The minimum Gasteiger partial charge on any atom is -0.354 e. The summed E-state index contributed by atoms with van der Waals surface area (Å²) < 4.78 is 0. The van der Waals surface area contributed by atoms with Crippen LogP contribution in [0.1, 0.15) is 19.3 Å². The molecule has 1 N–H and O–H groups in total. The molecule has 0 atom stereocenters. The largest absolute Gasteiger partial charge is 0.354 e. The molecule has 98 valence electrons. The Labute approximate surface area is 108 Å². The summed E-state index contributed by atoms with van der Waals surface area (Å²) in [6.07, 6.45) is 5.70. The van der Waals surface area contributed by atoms with Crippen molar-refractivity contribution in [3.63, 3.8) is 0 Å². The van der Waals surface area contributed by atoms with E-state index >= 15 is 0 Å². The van der Waals surface area contributed by atoms with Crippen LogP contribution >= 0.6 is 0 Å². The van der Waals surface area contributed by atoms with E-state index in [1.165, 1.54) is 19.3 Å². The van der Waals surface area contributed by atoms with Crippen molar-refractivity contribution >= 4 is 11.8 Å². The number of hydrogen-bond donors (Lipinski definition) is 1. The summed E-state index contributed by atoms with van der Waals surface area (Å²) in [6.45, 7) is 4.32. The van der Waals surface area contributed by atoms with E-state index in [9.17, 15) is 0 Å². The molecule has 0 spiro atoms. The summed E-state index contributed by atoms with van der Waals surface area (Å²) in [5.74, 6) is 1.84. The lowest BCUT2D eigenvalue weighted by atomic mass is 9.93. The normalized spacial score (nSPS) is 21.7. The number of aromatic nitrogens is 2. The smallest absolute Gasteiger partial charge is 0.224 e. The summed E-state index contributed by atoms with van der Waals surface area (Å²) in [5, 5.41) is 3.41. The number of piperazine rings is 1. The predicted octanol–water partition coefficient (Wildman–Crippen LogP) is 1.19. The molecule has 0 unspecified atom stereocenters. The number of nitrogens with zero attached hydrogens (tertiary/aromatic N) is 4. The number of anilines is 2. The van der Waals surface area contributed by atoms with Gasteiger partial charge in [0.15, 0.2) is 0 Å². The molecule has 5 heteroatoms. The topological polar surface area (TPSA) is 44.3 Å². The van der Waals surface area contributed by atoms with Gasteiger partial charge in [-0.15, -0.1) is 0 Å². The second kappa shape index (κ2) is 5.10. The van der Waals surface area contributed by atoms with Crippen LogP contribution in [-0.2, 0) is 0 Å². The molecular formula is C13H21N5. The van der Waals surface area contributed by atoms with Gasteiger partial charge in [0.25, 0.3) is 0 Å². The van der Waals surface area contributed by atoms with Gasteiger partial charge in [-0.25, -0.2) is 4.98 Å². The van der Waals surface area contributed by atoms with E-state index in [1.54, 1.807) is 0 Å². The van der Waals surface area contributed by atoms with E-state index in [4.69, 9.17) is 0 Å². The molecule has 1 aromatic rings. The molecule has 1 aliphatic heterocycles. The second-order valence-corrected chi connectivity index (χ2v) is 5.30. The van der Waals surface area contributed by atoms with E-state index in [-0.39, 0.29) is 0 Å². The van der Waals surface area contributed by atoms with Crippen LogP contribution in [0.5, 0.6) is 0 Å². The zero-order chi connectivity index (χ0) is 12.4. The minimum atomic E-state index is 0.590. The molecule has 0 radical (unpaired) electrons. The Morgan fingerprint density at radius 1 is 1.22 bits per heavy atom. The predicted molar refractivity (Wildman–Crippen MR) is 73.0 cm³/mol. The first-order valence-electron chi connectivity index (χ1n) is 6.84. The molecular weight excluding hydrogens is 226 g/mol. The van der Waals surface area contributed by atoms with Gasteiger partial charge in [-0.1, -0.05) is 0 Å². The van der Waals surface area contributed by atoms with Crippen LogP contribution < -0.4 is 10.2 Å². The fourth-order valence-corrected chi connectivity index (χ4v) is 2.37. The lowest BCUT2D eigenvalue weighted by molar-refractivity contribution is 0.312. The summed E-state index contributed by atoms with van der Waals surface area (Å²) in [5.41, 5.74) is 0. The maximum Gasteiger partial charge on any atom is 0.224 e. The zero-order valence-corrected chi connectivity index (χ0v) is 11.0. The Morgan fingerprint density at radius 3 is 2.67 bits per heavy atom. The Hall–Kier alpha value is -1.36. The first kappa shape index (κ1) is 11.7. The highest BCUT2D eigenvalue weighted by molar-refractivity contribution is 5.43. The summed E-state index contributed by atoms with van der Waals surface area (Å²) in [6, 6.07) is 2.60.